The Bertz CT molecular complexity index is 1560. The Morgan fingerprint density at radius 1 is 0.883 bits per heavy atom. The fraction of sp³-hybridized carbons (Fsp3) is 0.804. The summed E-state index contributed by atoms with van der Waals surface area (Å²) in [6, 6.07) is -1.12. The number of allylic oxidation sites excluding steroid dienone is 2. The number of aliphatic hydroxyl groups excluding tert-OH is 2. The van der Waals surface area contributed by atoms with Gasteiger partial charge in [-0.25, -0.2) is 4.79 Å². The quantitative estimate of drug-likeness (QED) is 0.187. The number of piperidine rings is 1. The SMILES string of the molecule is CO[C@H]1C[C@@H]2CC[C@@H](C)[C@@](O)(O2)C(=O)C(=O)N2CCCC[C@H]2C(=O)O[C@H]([C@H](C)C[C@@H]2CC[C@@H](O)[C@H](OC)C2)CC(=O)C/C=C(\C)[C@@H](O)[C@@H](OC)C(=O)[C@H](C)C[C@H](C)/C=C/1C. The molecule has 3 N–H and O–H groups in total. The molecule has 3 heterocycles. The maximum atomic E-state index is 14.2. The summed E-state index contributed by atoms with van der Waals surface area (Å²) in [5.74, 6) is -7.31. The Kier molecular flexibility index (Phi) is 18.7. The van der Waals surface area contributed by atoms with E-state index in [1.807, 2.05) is 26.8 Å². The summed E-state index contributed by atoms with van der Waals surface area (Å²) in [4.78, 5) is 71.0. The van der Waals surface area contributed by atoms with Gasteiger partial charge in [-0.2, -0.15) is 0 Å². The zero-order valence-electron chi connectivity index (χ0n) is 37.4. The first-order valence-electron chi connectivity index (χ1n) is 22.2. The van der Waals surface area contributed by atoms with Crippen LogP contribution in [-0.2, 0) is 47.7 Å². The second-order valence-corrected chi connectivity index (χ2v) is 18.3. The number of carbonyl (C=O) groups is 5. The molecule has 3 aliphatic heterocycles. The maximum absolute atomic E-state index is 14.2. The zero-order chi connectivity index (χ0) is 44.5. The highest BCUT2D eigenvalue weighted by atomic mass is 16.6. The molecule has 4 aliphatic rings. The Morgan fingerprint density at radius 3 is 2.27 bits per heavy atom. The second-order valence-electron chi connectivity index (χ2n) is 18.3. The number of ether oxygens (including phenoxy) is 5. The van der Waals surface area contributed by atoms with Crippen molar-refractivity contribution in [3.8, 4) is 0 Å². The number of cyclic esters (lactones) is 1. The van der Waals surface area contributed by atoms with Crippen molar-refractivity contribution in [2.45, 2.75) is 180 Å². The van der Waals surface area contributed by atoms with E-state index in [2.05, 4.69) is 0 Å². The summed E-state index contributed by atoms with van der Waals surface area (Å²) < 4.78 is 29.3. The number of methoxy groups -OCH3 is 3. The van der Waals surface area contributed by atoms with Crippen molar-refractivity contribution in [3.05, 3.63) is 23.3 Å². The van der Waals surface area contributed by atoms with Crippen LogP contribution in [0.3, 0.4) is 0 Å². The van der Waals surface area contributed by atoms with Crippen molar-refractivity contribution in [1.29, 1.82) is 0 Å². The minimum absolute atomic E-state index is 0.0766. The lowest BCUT2D eigenvalue weighted by atomic mass is 9.78. The highest BCUT2D eigenvalue weighted by Gasteiger charge is 2.53. The zero-order valence-corrected chi connectivity index (χ0v) is 37.4. The number of fused-ring (bicyclic) bond motifs is 3. The molecule has 14 nitrogen and oxygen atoms in total. The lowest BCUT2D eigenvalue weighted by molar-refractivity contribution is -0.265. The molecule has 3 fully saturated rings. The van der Waals surface area contributed by atoms with E-state index in [9.17, 15) is 39.3 Å². The first kappa shape index (κ1) is 49.8. The van der Waals surface area contributed by atoms with Gasteiger partial charge >= 0.3 is 5.97 Å². The third-order valence-corrected chi connectivity index (χ3v) is 13.7. The average Bonchev–Trinajstić information content (AvgIpc) is 3.22. The molecule has 14 heteroatoms. The molecule has 0 unspecified atom stereocenters. The van der Waals surface area contributed by atoms with Crippen molar-refractivity contribution >= 4 is 29.2 Å². The number of Topliss-reactive ketones (excluding diaryl/α,β-unsaturated/α-hetero) is 3. The van der Waals surface area contributed by atoms with Gasteiger partial charge in [0.05, 0.1) is 24.4 Å². The van der Waals surface area contributed by atoms with Crippen LogP contribution in [0.2, 0.25) is 0 Å². The van der Waals surface area contributed by atoms with Crippen molar-refractivity contribution < 1.29 is 63.0 Å². The van der Waals surface area contributed by atoms with Crippen LogP contribution in [0, 0.1) is 29.6 Å². The van der Waals surface area contributed by atoms with Gasteiger partial charge in [-0.1, -0.05) is 39.8 Å². The minimum Gasteiger partial charge on any atom is -0.460 e. The number of ketones is 3. The van der Waals surface area contributed by atoms with Gasteiger partial charge in [0, 0.05) is 59.0 Å². The van der Waals surface area contributed by atoms with E-state index in [1.165, 1.54) is 12.0 Å². The number of amides is 1. The standard InChI is InChI=1S/C46H73NO13/c1-26-20-28(3)37(56-7)25-34-17-14-31(6)46(55,60-34)43(52)44(53)47-19-11-10-12-35(47)45(54)59-38(29(4)22-32-15-18-36(49)39(23-32)57-8)24-33(48)16-13-27(2)40(50)42(58-9)41(51)30(5)21-26/h13,20,26,29-32,34-40,42,49-50,55H,10-12,14-19,21-25H2,1-9H3/b27-13+,28-20+/t26-,29-,30-,31-,32+,34+,35+,36-,37+,38+,39-,40-,42-,46-/m1/s1. The number of nitrogens with zero attached hydrogens (tertiary/aromatic N) is 1. The predicted octanol–water partition coefficient (Wildman–Crippen LogP) is 4.82. The summed E-state index contributed by atoms with van der Waals surface area (Å²) in [5.41, 5.74) is 1.26. The third-order valence-electron chi connectivity index (χ3n) is 13.7. The van der Waals surface area contributed by atoms with Crippen LogP contribution in [0.15, 0.2) is 23.3 Å². The fourth-order valence-electron chi connectivity index (χ4n) is 9.76. The molecule has 0 aromatic heterocycles. The maximum Gasteiger partial charge on any atom is 0.329 e. The first-order valence-corrected chi connectivity index (χ1v) is 22.2. The Labute approximate surface area is 356 Å². The summed E-state index contributed by atoms with van der Waals surface area (Å²) in [7, 11) is 4.50. The first-order chi connectivity index (χ1) is 28.3. The van der Waals surface area contributed by atoms with E-state index in [4.69, 9.17) is 23.7 Å². The molecule has 2 saturated heterocycles. The van der Waals surface area contributed by atoms with Gasteiger partial charge in [0.2, 0.25) is 5.79 Å². The predicted molar refractivity (Wildman–Crippen MR) is 222 cm³/mol. The van der Waals surface area contributed by atoms with Gasteiger partial charge in [0.15, 0.2) is 5.78 Å². The third kappa shape index (κ3) is 12.4. The molecule has 1 aliphatic carbocycles. The molecule has 1 amide bonds. The molecular weight excluding hydrogens is 774 g/mol. The normalized spacial score (nSPS) is 40.2. The van der Waals surface area contributed by atoms with Gasteiger partial charge in [-0.3, -0.25) is 19.2 Å². The molecule has 2 bridgehead atoms. The molecule has 60 heavy (non-hydrogen) atoms. The highest BCUT2D eigenvalue weighted by molar-refractivity contribution is 6.39. The lowest BCUT2D eigenvalue weighted by Gasteiger charge is -2.42. The van der Waals surface area contributed by atoms with Gasteiger partial charge in [-0.15, -0.1) is 0 Å². The largest absolute Gasteiger partial charge is 0.460 e. The van der Waals surface area contributed by atoms with Crippen LogP contribution >= 0.6 is 0 Å². The van der Waals surface area contributed by atoms with E-state index < -0.39 is 77.9 Å². The number of rotatable bonds is 6. The Morgan fingerprint density at radius 2 is 1.60 bits per heavy atom. The van der Waals surface area contributed by atoms with Gasteiger partial charge in [-0.05, 0) is 107 Å². The van der Waals surface area contributed by atoms with E-state index in [1.54, 1.807) is 41.1 Å². The molecule has 4 rings (SSSR count). The molecule has 0 aromatic carbocycles. The second kappa shape index (κ2) is 22.5. The molecular formula is C46H73NO13. The minimum atomic E-state index is -2.43. The number of aliphatic hydroxyl groups is 3. The summed E-state index contributed by atoms with van der Waals surface area (Å²) in [6.45, 7) is 11.0. The molecule has 1 saturated carbocycles. The Balaban J connectivity index is 1.69. The molecule has 0 spiro atoms. The van der Waals surface area contributed by atoms with Gasteiger partial charge < -0.3 is 43.9 Å². The monoisotopic (exact) mass is 848 g/mol. The smallest absolute Gasteiger partial charge is 0.329 e. The molecule has 0 radical (unpaired) electrons. The van der Waals surface area contributed by atoms with E-state index in [-0.39, 0.29) is 61.2 Å². The average molecular weight is 848 g/mol. The van der Waals surface area contributed by atoms with E-state index >= 15 is 0 Å². The lowest BCUT2D eigenvalue weighted by Crippen LogP contribution is -2.61. The molecule has 340 valence electrons. The highest BCUT2D eigenvalue weighted by Crippen LogP contribution is 2.38. The summed E-state index contributed by atoms with van der Waals surface area (Å²) in [6.07, 6.45) is 3.51. The van der Waals surface area contributed by atoms with E-state index in [0.717, 1.165) is 12.0 Å². The number of hydrogen-bond donors (Lipinski definition) is 3. The topological polar surface area (TPSA) is 195 Å². The van der Waals surface area contributed by atoms with Crippen LogP contribution in [0.5, 0.6) is 0 Å². The number of hydrogen-bond acceptors (Lipinski definition) is 13. The molecule has 14 atom stereocenters. The fourth-order valence-corrected chi connectivity index (χ4v) is 9.76. The van der Waals surface area contributed by atoms with Crippen LogP contribution in [0.25, 0.3) is 0 Å². The van der Waals surface area contributed by atoms with Crippen LogP contribution in [0.1, 0.15) is 125 Å². The van der Waals surface area contributed by atoms with Crippen LogP contribution < -0.4 is 0 Å². The Hall–Kier alpha value is -2.85. The van der Waals surface area contributed by atoms with Crippen molar-refractivity contribution in [2.75, 3.05) is 27.9 Å². The van der Waals surface area contributed by atoms with E-state index in [0.29, 0.717) is 63.4 Å². The van der Waals surface area contributed by atoms with Crippen molar-refractivity contribution in [1.82, 2.24) is 4.90 Å². The summed E-state index contributed by atoms with van der Waals surface area (Å²) >= 11 is 0. The summed E-state index contributed by atoms with van der Waals surface area (Å²) in [5, 5.41) is 33.6. The van der Waals surface area contributed by atoms with Crippen molar-refractivity contribution in [2.24, 2.45) is 29.6 Å². The number of esters is 1. The van der Waals surface area contributed by atoms with Gasteiger partial charge in [0.1, 0.15) is 30.1 Å². The van der Waals surface area contributed by atoms with Crippen LogP contribution in [-0.4, -0.2) is 132 Å². The van der Waals surface area contributed by atoms with Crippen LogP contribution in [0.4, 0.5) is 0 Å². The molecule has 0 aromatic rings. The van der Waals surface area contributed by atoms with Crippen molar-refractivity contribution in [3.63, 3.8) is 0 Å². The van der Waals surface area contributed by atoms with Gasteiger partial charge in [0.25, 0.3) is 11.7 Å². The number of carbonyl (C=O) groups excluding carboxylic acids is 5.